The summed E-state index contributed by atoms with van der Waals surface area (Å²) < 4.78 is 6.90. The minimum absolute atomic E-state index is 0.0912. The topological polar surface area (TPSA) is 73.1 Å². The van der Waals surface area contributed by atoms with E-state index in [9.17, 15) is 4.79 Å². The molecule has 0 saturated carbocycles. The van der Waals surface area contributed by atoms with Crippen molar-refractivity contribution in [2.24, 2.45) is 0 Å². The lowest BCUT2D eigenvalue weighted by atomic mass is 10.2. The van der Waals surface area contributed by atoms with Crippen LogP contribution in [-0.2, 0) is 11.3 Å². The SMILES string of the molecule is COCCN(Cc1ccccn1)C(=O)c1ccnc(-n2ccnc2)c1. The van der Waals surface area contributed by atoms with Gasteiger partial charge in [0.2, 0.25) is 0 Å². The van der Waals surface area contributed by atoms with Gasteiger partial charge >= 0.3 is 0 Å². The van der Waals surface area contributed by atoms with Crippen molar-refractivity contribution in [1.29, 1.82) is 0 Å². The minimum atomic E-state index is -0.0912. The van der Waals surface area contributed by atoms with Crippen molar-refractivity contribution in [3.63, 3.8) is 0 Å². The Balaban J connectivity index is 1.83. The number of methoxy groups -OCH3 is 1. The highest BCUT2D eigenvalue weighted by Gasteiger charge is 2.17. The highest BCUT2D eigenvalue weighted by atomic mass is 16.5. The number of hydrogen-bond donors (Lipinski definition) is 0. The van der Waals surface area contributed by atoms with Crippen LogP contribution in [0.4, 0.5) is 0 Å². The lowest BCUT2D eigenvalue weighted by Gasteiger charge is -2.22. The van der Waals surface area contributed by atoms with Gasteiger partial charge in [-0.2, -0.15) is 0 Å². The Bertz CT molecular complexity index is 805. The van der Waals surface area contributed by atoms with Crippen LogP contribution in [0.2, 0.25) is 0 Å². The summed E-state index contributed by atoms with van der Waals surface area (Å²) in [5.41, 5.74) is 1.39. The van der Waals surface area contributed by atoms with E-state index in [0.29, 0.717) is 31.1 Å². The van der Waals surface area contributed by atoms with Crippen molar-refractivity contribution < 1.29 is 9.53 Å². The zero-order chi connectivity index (χ0) is 17.5. The first-order valence-electron chi connectivity index (χ1n) is 7.90. The van der Waals surface area contributed by atoms with Gasteiger partial charge < -0.3 is 9.64 Å². The number of ether oxygens (including phenoxy) is 1. The zero-order valence-electron chi connectivity index (χ0n) is 13.9. The number of nitrogens with zero attached hydrogens (tertiary/aromatic N) is 5. The summed E-state index contributed by atoms with van der Waals surface area (Å²) in [7, 11) is 1.62. The van der Waals surface area contributed by atoms with Gasteiger partial charge in [0.1, 0.15) is 12.1 Å². The molecular formula is C18H19N5O2. The molecule has 25 heavy (non-hydrogen) atoms. The van der Waals surface area contributed by atoms with Crippen LogP contribution in [0.5, 0.6) is 0 Å². The molecule has 3 heterocycles. The summed E-state index contributed by atoms with van der Waals surface area (Å²) in [6.45, 7) is 1.36. The fourth-order valence-corrected chi connectivity index (χ4v) is 2.41. The number of imidazole rings is 1. The molecule has 0 N–H and O–H groups in total. The lowest BCUT2D eigenvalue weighted by Crippen LogP contribution is -2.33. The van der Waals surface area contributed by atoms with E-state index in [1.165, 1.54) is 0 Å². The monoisotopic (exact) mass is 337 g/mol. The van der Waals surface area contributed by atoms with E-state index < -0.39 is 0 Å². The van der Waals surface area contributed by atoms with Crippen LogP contribution in [0, 0.1) is 0 Å². The number of pyridine rings is 2. The van der Waals surface area contributed by atoms with Crippen LogP contribution in [0.15, 0.2) is 61.4 Å². The standard InChI is InChI=1S/C18H19N5O2/c1-25-11-10-22(13-16-4-2-3-6-20-16)18(24)15-5-7-21-17(12-15)23-9-8-19-14-23/h2-9,12,14H,10-11,13H2,1H3. The Morgan fingerprint density at radius 1 is 1.20 bits per heavy atom. The van der Waals surface area contributed by atoms with Gasteiger partial charge in [0, 0.05) is 44.0 Å². The highest BCUT2D eigenvalue weighted by molar-refractivity contribution is 5.94. The molecule has 0 aromatic carbocycles. The molecule has 0 unspecified atom stereocenters. The number of hydrogen-bond acceptors (Lipinski definition) is 5. The van der Waals surface area contributed by atoms with Crippen LogP contribution in [0.3, 0.4) is 0 Å². The van der Waals surface area contributed by atoms with Crippen molar-refractivity contribution in [2.75, 3.05) is 20.3 Å². The summed E-state index contributed by atoms with van der Waals surface area (Å²) in [6.07, 6.45) is 8.44. The summed E-state index contributed by atoms with van der Waals surface area (Å²) in [6, 6.07) is 9.12. The molecule has 0 aliphatic carbocycles. The molecule has 0 fully saturated rings. The smallest absolute Gasteiger partial charge is 0.254 e. The normalized spacial score (nSPS) is 10.6. The molecule has 0 spiro atoms. The van der Waals surface area contributed by atoms with Gasteiger partial charge in [-0.15, -0.1) is 0 Å². The summed E-state index contributed by atoms with van der Waals surface area (Å²) in [5, 5.41) is 0. The third-order valence-corrected chi connectivity index (χ3v) is 3.69. The maximum absolute atomic E-state index is 13.0. The van der Waals surface area contributed by atoms with Crippen molar-refractivity contribution in [2.45, 2.75) is 6.54 Å². The van der Waals surface area contributed by atoms with Crippen molar-refractivity contribution in [1.82, 2.24) is 24.4 Å². The molecule has 0 atom stereocenters. The Morgan fingerprint density at radius 2 is 2.12 bits per heavy atom. The zero-order valence-corrected chi connectivity index (χ0v) is 13.9. The van der Waals surface area contributed by atoms with Crippen molar-refractivity contribution >= 4 is 5.91 Å². The molecule has 128 valence electrons. The molecule has 3 aromatic heterocycles. The Labute approximate surface area is 145 Å². The molecule has 0 bridgehead atoms. The largest absolute Gasteiger partial charge is 0.383 e. The molecule has 7 nitrogen and oxygen atoms in total. The van der Waals surface area contributed by atoms with Gasteiger partial charge in [-0.1, -0.05) is 6.07 Å². The minimum Gasteiger partial charge on any atom is -0.383 e. The first-order valence-corrected chi connectivity index (χ1v) is 7.90. The van der Waals surface area contributed by atoms with Gasteiger partial charge in [0.05, 0.1) is 18.8 Å². The second kappa shape index (κ2) is 8.16. The van der Waals surface area contributed by atoms with Gasteiger partial charge in [-0.05, 0) is 24.3 Å². The molecule has 3 rings (SSSR count). The number of carbonyl (C=O) groups excluding carboxylic acids is 1. The molecule has 0 saturated heterocycles. The molecule has 0 aliphatic rings. The van der Waals surface area contributed by atoms with Crippen molar-refractivity contribution in [3.8, 4) is 5.82 Å². The molecule has 3 aromatic rings. The quantitative estimate of drug-likeness (QED) is 0.659. The van der Waals surface area contributed by atoms with Gasteiger partial charge in [0.25, 0.3) is 5.91 Å². The number of rotatable bonds is 7. The van der Waals surface area contributed by atoms with Crippen LogP contribution in [0.1, 0.15) is 16.1 Å². The van der Waals surface area contributed by atoms with E-state index >= 15 is 0 Å². The van der Waals surface area contributed by atoms with E-state index in [4.69, 9.17) is 4.74 Å². The average molecular weight is 337 g/mol. The summed E-state index contributed by atoms with van der Waals surface area (Å²) in [5.74, 6) is 0.555. The third-order valence-electron chi connectivity index (χ3n) is 3.69. The van der Waals surface area contributed by atoms with Gasteiger partial charge in [-0.3, -0.25) is 14.3 Å². The van der Waals surface area contributed by atoms with Crippen molar-refractivity contribution in [3.05, 3.63) is 72.7 Å². The first-order chi connectivity index (χ1) is 12.3. The number of carbonyl (C=O) groups is 1. The fourth-order valence-electron chi connectivity index (χ4n) is 2.41. The Morgan fingerprint density at radius 3 is 2.84 bits per heavy atom. The predicted octanol–water partition coefficient (Wildman–Crippen LogP) is 1.95. The van der Waals surface area contributed by atoms with E-state index in [2.05, 4.69) is 15.0 Å². The summed E-state index contributed by atoms with van der Waals surface area (Å²) >= 11 is 0. The second-order valence-electron chi connectivity index (χ2n) is 5.41. The lowest BCUT2D eigenvalue weighted by molar-refractivity contribution is 0.0678. The number of amides is 1. The van der Waals surface area contributed by atoms with E-state index in [1.807, 2.05) is 18.2 Å². The maximum atomic E-state index is 13.0. The second-order valence-corrected chi connectivity index (χ2v) is 5.41. The van der Waals surface area contributed by atoms with E-state index in [0.717, 1.165) is 5.69 Å². The maximum Gasteiger partial charge on any atom is 0.254 e. The van der Waals surface area contributed by atoms with E-state index in [1.54, 1.807) is 59.8 Å². The fraction of sp³-hybridized carbons (Fsp3) is 0.222. The van der Waals surface area contributed by atoms with Crippen LogP contribution in [0.25, 0.3) is 5.82 Å². The van der Waals surface area contributed by atoms with Gasteiger partial charge in [-0.25, -0.2) is 9.97 Å². The van der Waals surface area contributed by atoms with Gasteiger partial charge in [0.15, 0.2) is 0 Å². The van der Waals surface area contributed by atoms with Crippen LogP contribution >= 0.6 is 0 Å². The van der Waals surface area contributed by atoms with Crippen LogP contribution in [-0.4, -0.2) is 50.6 Å². The molecule has 7 heteroatoms. The summed E-state index contributed by atoms with van der Waals surface area (Å²) in [4.78, 5) is 27.3. The molecule has 0 aliphatic heterocycles. The molecule has 0 radical (unpaired) electrons. The molecular weight excluding hydrogens is 318 g/mol. The van der Waals surface area contributed by atoms with Crippen LogP contribution < -0.4 is 0 Å². The predicted molar refractivity (Wildman–Crippen MR) is 92.2 cm³/mol. The van der Waals surface area contributed by atoms with E-state index in [-0.39, 0.29) is 5.91 Å². The first kappa shape index (κ1) is 16.8. The molecule has 1 amide bonds. The Hall–Kier alpha value is -3.06. The average Bonchev–Trinajstić information content (AvgIpc) is 3.20. The third kappa shape index (κ3) is 4.27. The highest BCUT2D eigenvalue weighted by Crippen LogP contribution is 2.12. The number of aromatic nitrogens is 4. The Kier molecular flexibility index (Phi) is 5.48.